The third-order valence-electron chi connectivity index (χ3n) is 2.71. The van der Waals surface area contributed by atoms with E-state index in [1.165, 1.54) is 0 Å². The SMILES string of the molecule is CC(C)C(CNC(=O)Nc1ccc(Br)cc1)C(=O)O. The Balaban J connectivity index is 2.47. The van der Waals surface area contributed by atoms with Crippen molar-refractivity contribution >= 4 is 33.6 Å². The maximum atomic E-state index is 11.6. The summed E-state index contributed by atoms with van der Waals surface area (Å²) < 4.78 is 0.921. The molecule has 104 valence electrons. The van der Waals surface area contributed by atoms with Gasteiger partial charge in [-0.15, -0.1) is 0 Å². The summed E-state index contributed by atoms with van der Waals surface area (Å²) in [5, 5.41) is 14.2. The average Bonchev–Trinajstić information content (AvgIpc) is 2.31. The summed E-state index contributed by atoms with van der Waals surface area (Å²) in [5.41, 5.74) is 0.650. The highest BCUT2D eigenvalue weighted by molar-refractivity contribution is 9.10. The maximum Gasteiger partial charge on any atom is 0.319 e. The van der Waals surface area contributed by atoms with E-state index in [0.29, 0.717) is 5.69 Å². The van der Waals surface area contributed by atoms with E-state index in [1.807, 2.05) is 26.0 Å². The summed E-state index contributed by atoms with van der Waals surface area (Å²) in [6, 6.07) is 6.71. The zero-order valence-electron chi connectivity index (χ0n) is 10.8. The molecule has 1 rings (SSSR count). The van der Waals surface area contributed by atoms with E-state index in [0.717, 1.165) is 4.47 Å². The van der Waals surface area contributed by atoms with Crippen LogP contribution in [0, 0.1) is 11.8 Å². The molecule has 1 aromatic rings. The van der Waals surface area contributed by atoms with Gasteiger partial charge in [0.1, 0.15) is 0 Å². The fourth-order valence-electron chi connectivity index (χ4n) is 1.52. The van der Waals surface area contributed by atoms with E-state index in [4.69, 9.17) is 5.11 Å². The molecule has 0 radical (unpaired) electrons. The Bertz CT molecular complexity index is 446. The van der Waals surface area contributed by atoms with Crippen molar-refractivity contribution in [2.45, 2.75) is 13.8 Å². The number of nitrogens with one attached hydrogen (secondary N) is 2. The maximum absolute atomic E-state index is 11.6. The third-order valence-corrected chi connectivity index (χ3v) is 3.24. The molecule has 0 saturated heterocycles. The number of benzene rings is 1. The second-order valence-electron chi connectivity index (χ2n) is 4.53. The minimum Gasteiger partial charge on any atom is -0.481 e. The largest absolute Gasteiger partial charge is 0.481 e. The quantitative estimate of drug-likeness (QED) is 0.777. The number of amides is 2. The van der Waals surface area contributed by atoms with Crippen molar-refractivity contribution in [2.75, 3.05) is 11.9 Å². The van der Waals surface area contributed by atoms with Crippen molar-refractivity contribution in [2.24, 2.45) is 11.8 Å². The van der Waals surface area contributed by atoms with Crippen LogP contribution in [-0.4, -0.2) is 23.7 Å². The topological polar surface area (TPSA) is 78.4 Å². The molecule has 1 unspecified atom stereocenters. The highest BCUT2D eigenvalue weighted by atomic mass is 79.9. The molecule has 1 atom stereocenters. The number of hydrogen-bond donors (Lipinski definition) is 3. The summed E-state index contributed by atoms with van der Waals surface area (Å²) in [7, 11) is 0. The summed E-state index contributed by atoms with van der Waals surface area (Å²) in [6.07, 6.45) is 0. The number of rotatable bonds is 5. The molecule has 19 heavy (non-hydrogen) atoms. The van der Waals surface area contributed by atoms with Gasteiger partial charge in [0.15, 0.2) is 0 Å². The predicted octanol–water partition coefficient (Wildman–Crippen LogP) is 2.93. The zero-order valence-corrected chi connectivity index (χ0v) is 12.4. The molecule has 0 aliphatic carbocycles. The van der Waals surface area contributed by atoms with Crippen LogP contribution < -0.4 is 10.6 Å². The fourth-order valence-corrected chi connectivity index (χ4v) is 1.78. The standard InChI is InChI=1S/C13H17BrN2O3/c1-8(2)11(12(17)18)7-15-13(19)16-10-5-3-9(14)4-6-10/h3-6,8,11H,7H2,1-2H3,(H,17,18)(H2,15,16,19). The number of aliphatic carboxylic acids is 1. The van der Waals surface area contributed by atoms with Gasteiger partial charge in [-0.1, -0.05) is 29.8 Å². The Morgan fingerprint density at radius 3 is 2.32 bits per heavy atom. The van der Waals surface area contributed by atoms with E-state index in [-0.39, 0.29) is 12.5 Å². The van der Waals surface area contributed by atoms with Crippen molar-refractivity contribution in [3.8, 4) is 0 Å². The van der Waals surface area contributed by atoms with Crippen molar-refractivity contribution < 1.29 is 14.7 Å². The van der Waals surface area contributed by atoms with Crippen LogP contribution >= 0.6 is 15.9 Å². The van der Waals surface area contributed by atoms with Crippen LogP contribution in [0.5, 0.6) is 0 Å². The molecule has 0 bridgehead atoms. The molecule has 0 fully saturated rings. The first-order chi connectivity index (χ1) is 8.90. The van der Waals surface area contributed by atoms with Gasteiger partial charge in [0, 0.05) is 16.7 Å². The summed E-state index contributed by atoms with van der Waals surface area (Å²) in [6.45, 7) is 3.73. The minimum absolute atomic E-state index is 0.0366. The smallest absolute Gasteiger partial charge is 0.319 e. The zero-order chi connectivity index (χ0) is 14.4. The van der Waals surface area contributed by atoms with E-state index < -0.39 is 17.9 Å². The molecule has 0 aromatic heterocycles. The summed E-state index contributed by atoms with van der Waals surface area (Å²) >= 11 is 3.30. The molecule has 0 saturated carbocycles. The molecular weight excluding hydrogens is 312 g/mol. The second-order valence-corrected chi connectivity index (χ2v) is 5.45. The molecular formula is C13H17BrN2O3. The lowest BCUT2D eigenvalue weighted by molar-refractivity contribution is -0.142. The van der Waals surface area contributed by atoms with Gasteiger partial charge in [-0.05, 0) is 30.2 Å². The van der Waals surface area contributed by atoms with E-state index >= 15 is 0 Å². The van der Waals surface area contributed by atoms with Crippen molar-refractivity contribution in [3.63, 3.8) is 0 Å². The van der Waals surface area contributed by atoms with Crippen molar-refractivity contribution in [1.29, 1.82) is 0 Å². The van der Waals surface area contributed by atoms with Crippen LogP contribution in [-0.2, 0) is 4.79 Å². The van der Waals surface area contributed by atoms with Gasteiger partial charge in [-0.3, -0.25) is 4.79 Å². The van der Waals surface area contributed by atoms with Crippen LogP contribution in [0.25, 0.3) is 0 Å². The molecule has 0 heterocycles. The van der Waals surface area contributed by atoms with Crippen LogP contribution in [0.2, 0.25) is 0 Å². The Morgan fingerprint density at radius 2 is 1.84 bits per heavy atom. The molecule has 5 nitrogen and oxygen atoms in total. The summed E-state index contributed by atoms with van der Waals surface area (Å²) in [4.78, 5) is 22.6. The highest BCUT2D eigenvalue weighted by Gasteiger charge is 2.21. The lowest BCUT2D eigenvalue weighted by atomic mass is 9.96. The lowest BCUT2D eigenvalue weighted by Gasteiger charge is -2.17. The molecule has 0 spiro atoms. The van der Waals surface area contributed by atoms with Gasteiger partial charge in [-0.25, -0.2) is 4.79 Å². The Hall–Kier alpha value is -1.56. The molecule has 6 heteroatoms. The fraction of sp³-hybridized carbons (Fsp3) is 0.385. The Labute approximate surface area is 120 Å². The van der Waals surface area contributed by atoms with E-state index in [9.17, 15) is 9.59 Å². The van der Waals surface area contributed by atoms with Gasteiger partial charge in [0.2, 0.25) is 0 Å². The lowest BCUT2D eigenvalue weighted by Crippen LogP contribution is -2.37. The number of carbonyl (C=O) groups is 2. The van der Waals surface area contributed by atoms with Crippen molar-refractivity contribution in [1.82, 2.24) is 5.32 Å². The van der Waals surface area contributed by atoms with Gasteiger partial charge >= 0.3 is 12.0 Å². The van der Waals surface area contributed by atoms with Gasteiger partial charge in [0.25, 0.3) is 0 Å². The monoisotopic (exact) mass is 328 g/mol. The van der Waals surface area contributed by atoms with Crippen LogP contribution in [0.1, 0.15) is 13.8 Å². The summed E-state index contributed by atoms with van der Waals surface area (Å²) in [5.74, 6) is -1.53. The number of carbonyl (C=O) groups excluding carboxylic acids is 1. The first-order valence-electron chi connectivity index (χ1n) is 5.93. The van der Waals surface area contributed by atoms with Gasteiger partial charge in [0.05, 0.1) is 5.92 Å². The highest BCUT2D eigenvalue weighted by Crippen LogP contribution is 2.14. The van der Waals surface area contributed by atoms with Crippen LogP contribution in [0.3, 0.4) is 0 Å². The number of halogens is 1. The van der Waals surface area contributed by atoms with Crippen molar-refractivity contribution in [3.05, 3.63) is 28.7 Å². The number of carboxylic acids is 1. The number of hydrogen-bond acceptors (Lipinski definition) is 2. The molecule has 2 amide bonds. The van der Waals surface area contributed by atoms with E-state index in [2.05, 4.69) is 26.6 Å². The van der Waals surface area contributed by atoms with E-state index in [1.54, 1.807) is 12.1 Å². The minimum atomic E-state index is -0.904. The normalized spacial score (nSPS) is 12.0. The van der Waals surface area contributed by atoms with Crippen LogP contribution in [0.4, 0.5) is 10.5 Å². The number of anilines is 1. The molecule has 3 N–H and O–H groups in total. The Kier molecular flexibility index (Phi) is 5.82. The number of carboxylic acid groups (broad SMARTS) is 1. The molecule has 0 aliphatic rings. The number of urea groups is 1. The van der Waals surface area contributed by atoms with Gasteiger partial charge in [-0.2, -0.15) is 0 Å². The third kappa shape index (κ3) is 5.30. The first kappa shape index (κ1) is 15.5. The van der Waals surface area contributed by atoms with Gasteiger partial charge < -0.3 is 15.7 Å². The predicted molar refractivity (Wildman–Crippen MR) is 77.1 cm³/mol. The van der Waals surface area contributed by atoms with Crippen LogP contribution in [0.15, 0.2) is 28.7 Å². The molecule has 1 aromatic carbocycles. The average molecular weight is 329 g/mol. The molecule has 0 aliphatic heterocycles. The second kappa shape index (κ2) is 7.13. The Morgan fingerprint density at radius 1 is 1.26 bits per heavy atom. The first-order valence-corrected chi connectivity index (χ1v) is 6.72.